The van der Waals surface area contributed by atoms with Crippen LogP contribution < -0.4 is 32.9 Å². The molecule has 5 heteroatoms. The van der Waals surface area contributed by atoms with Crippen molar-refractivity contribution in [3.05, 3.63) is 127 Å². The molecule has 4 aromatic rings. The highest BCUT2D eigenvalue weighted by Gasteiger charge is 2.45. The number of benzene rings is 4. The molecule has 0 aliphatic rings. The number of carboxylic acid groups (broad SMARTS) is 1. The van der Waals surface area contributed by atoms with E-state index in [1.54, 1.807) is 0 Å². The number of halogens is 1. The number of rotatable bonds is 12. The molecule has 4 rings (SSSR count). The van der Waals surface area contributed by atoms with Crippen molar-refractivity contribution < 1.29 is 31.7 Å². The van der Waals surface area contributed by atoms with Gasteiger partial charge in [-0.25, -0.2) is 0 Å². The highest BCUT2D eigenvalue weighted by molar-refractivity contribution is 7.95. The van der Waals surface area contributed by atoms with Gasteiger partial charge in [0.25, 0.3) is 0 Å². The van der Waals surface area contributed by atoms with Crippen LogP contribution in [-0.2, 0) is 4.79 Å². The van der Waals surface area contributed by atoms with E-state index >= 15 is 0 Å². The predicted molar refractivity (Wildman–Crippen MR) is 150 cm³/mol. The zero-order valence-electron chi connectivity index (χ0n) is 20.7. The van der Waals surface area contributed by atoms with Crippen LogP contribution >= 0.6 is 7.26 Å². The minimum atomic E-state index is -2.03. The molecule has 0 bridgehead atoms. The molecular formula is C32H32BrO3P. The minimum Gasteiger partial charge on any atom is -1.00 e. The number of hydrogen-bond acceptors (Lipinski definition) is 2. The molecular weight excluding hydrogens is 543 g/mol. The van der Waals surface area contributed by atoms with Crippen LogP contribution in [0.1, 0.15) is 36.0 Å². The van der Waals surface area contributed by atoms with Crippen LogP contribution in [0.15, 0.2) is 121 Å². The lowest BCUT2D eigenvalue weighted by Gasteiger charge is -2.29. The molecule has 3 nitrogen and oxygen atoms in total. The summed E-state index contributed by atoms with van der Waals surface area (Å²) in [5.74, 6) is -0.817. The van der Waals surface area contributed by atoms with Gasteiger partial charge in [0.2, 0.25) is 0 Å². The van der Waals surface area contributed by atoms with E-state index < -0.39 is 13.2 Å². The van der Waals surface area contributed by atoms with Crippen LogP contribution in [0.3, 0.4) is 0 Å². The normalized spacial score (nSPS) is 11.8. The summed E-state index contributed by atoms with van der Waals surface area (Å²) < 4.78 is 0. The van der Waals surface area contributed by atoms with Crippen LogP contribution in [0.2, 0.25) is 0 Å². The van der Waals surface area contributed by atoms with Gasteiger partial charge in [0.15, 0.2) is 5.78 Å². The number of carbonyl (C=O) groups is 2. The van der Waals surface area contributed by atoms with Crippen LogP contribution in [0, 0.1) is 5.92 Å². The molecule has 0 aliphatic carbocycles. The highest BCUT2D eigenvalue weighted by Crippen LogP contribution is 2.56. The first-order valence-corrected chi connectivity index (χ1v) is 14.4. The summed E-state index contributed by atoms with van der Waals surface area (Å²) in [6.07, 6.45) is 2.58. The molecule has 0 saturated carbocycles. The Morgan fingerprint density at radius 3 is 1.43 bits per heavy atom. The first-order chi connectivity index (χ1) is 17.6. The first kappa shape index (κ1) is 28.5. The topological polar surface area (TPSA) is 54.4 Å². The second-order valence-corrected chi connectivity index (χ2v) is 12.7. The Kier molecular flexibility index (Phi) is 10.8. The third kappa shape index (κ3) is 7.25. The Morgan fingerprint density at radius 2 is 1.03 bits per heavy atom. The Hall–Kier alpha value is -3.07. The monoisotopic (exact) mass is 574 g/mol. The maximum absolute atomic E-state index is 12.8. The van der Waals surface area contributed by atoms with Gasteiger partial charge in [-0.2, -0.15) is 0 Å². The molecule has 0 aromatic heterocycles. The summed E-state index contributed by atoms with van der Waals surface area (Å²) in [5.41, 5.74) is 0.686. The fraction of sp³-hybridized carbons (Fsp3) is 0.188. The Labute approximate surface area is 230 Å². The van der Waals surface area contributed by atoms with Gasteiger partial charge in [-0.15, -0.1) is 0 Å². The van der Waals surface area contributed by atoms with Crippen molar-refractivity contribution in [3.8, 4) is 0 Å². The van der Waals surface area contributed by atoms with Crippen molar-refractivity contribution in [1.29, 1.82) is 0 Å². The summed E-state index contributed by atoms with van der Waals surface area (Å²) in [4.78, 5) is 24.5. The maximum Gasteiger partial charge on any atom is 0.303 e. The highest BCUT2D eigenvalue weighted by atomic mass is 79.9. The number of carbonyl (C=O) groups excluding carboxylic acids is 1. The first-order valence-electron chi connectivity index (χ1n) is 12.4. The average Bonchev–Trinajstić information content (AvgIpc) is 2.93. The zero-order chi connectivity index (χ0) is 25.2. The summed E-state index contributed by atoms with van der Waals surface area (Å²) in [6, 6.07) is 41.1. The number of carboxylic acids is 1. The minimum absolute atomic E-state index is 0. The van der Waals surface area contributed by atoms with Crippen LogP contribution in [0.25, 0.3) is 0 Å². The van der Waals surface area contributed by atoms with Gasteiger partial charge < -0.3 is 22.1 Å². The lowest BCUT2D eigenvalue weighted by atomic mass is 9.94. The summed E-state index contributed by atoms with van der Waals surface area (Å²) in [7, 11) is -2.03. The van der Waals surface area contributed by atoms with E-state index in [1.807, 2.05) is 48.5 Å². The smallest absolute Gasteiger partial charge is 0.303 e. The zero-order valence-corrected chi connectivity index (χ0v) is 23.2. The summed E-state index contributed by atoms with van der Waals surface area (Å²) in [5, 5.41) is 13.5. The van der Waals surface area contributed by atoms with Crippen molar-refractivity contribution in [2.45, 2.75) is 25.7 Å². The quantitative estimate of drug-likeness (QED) is 0.209. The second kappa shape index (κ2) is 14.0. The van der Waals surface area contributed by atoms with Gasteiger partial charge in [-0.3, -0.25) is 9.59 Å². The molecule has 0 saturated heterocycles. The third-order valence-corrected chi connectivity index (χ3v) is 11.3. The molecule has 0 amide bonds. The molecule has 0 unspecified atom stereocenters. The Balaban J connectivity index is 0.00000380. The van der Waals surface area contributed by atoms with E-state index in [0.29, 0.717) is 18.4 Å². The fourth-order valence-corrected chi connectivity index (χ4v) is 9.42. The van der Waals surface area contributed by atoms with Gasteiger partial charge in [0.1, 0.15) is 23.2 Å². The van der Waals surface area contributed by atoms with Crippen molar-refractivity contribution in [2.24, 2.45) is 5.92 Å². The van der Waals surface area contributed by atoms with E-state index in [1.165, 1.54) is 15.9 Å². The van der Waals surface area contributed by atoms with Gasteiger partial charge in [-0.05, 0) is 55.2 Å². The molecule has 0 radical (unpaired) electrons. The largest absolute Gasteiger partial charge is 1.00 e. The second-order valence-electron chi connectivity index (χ2n) is 9.12. The summed E-state index contributed by atoms with van der Waals surface area (Å²) >= 11 is 0. The van der Waals surface area contributed by atoms with Crippen molar-refractivity contribution in [1.82, 2.24) is 0 Å². The summed E-state index contributed by atoms with van der Waals surface area (Å²) in [6.45, 7) is 0. The van der Waals surface area contributed by atoms with E-state index in [0.717, 1.165) is 12.6 Å². The molecule has 0 aliphatic heterocycles. The lowest BCUT2D eigenvalue weighted by molar-refractivity contribution is -0.138. The number of aliphatic carboxylic acids is 1. The molecule has 0 heterocycles. The van der Waals surface area contributed by atoms with Gasteiger partial charge in [0.05, 0.1) is 6.16 Å². The van der Waals surface area contributed by atoms with Crippen molar-refractivity contribution in [2.75, 3.05) is 6.16 Å². The molecule has 1 N–H and O–H groups in total. The third-order valence-electron chi connectivity index (χ3n) is 6.80. The molecule has 4 aromatic carbocycles. The number of ketones is 1. The Bertz CT molecular complexity index is 1150. The van der Waals surface area contributed by atoms with Crippen LogP contribution in [0.4, 0.5) is 0 Å². The van der Waals surface area contributed by atoms with E-state index in [-0.39, 0.29) is 35.1 Å². The van der Waals surface area contributed by atoms with E-state index in [9.17, 15) is 14.7 Å². The molecule has 0 spiro atoms. The lowest BCUT2D eigenvalue weighted by Crippen LogP contribution is -3.00. The number of hydrogen-bond donors (Lipinski definition) is 1. The van der Waals surface area contributed by atoms with Crippen LogP contribution in [-0.4, -0.2) is 23.0 Å². The average molecular weight is 575 g/mol. The fourth-order valence-electron chi connectivity index (χ4n) is 4.96. The number of Topliss-reactive ketones (excluding diaryl/α,β-unsaturated/α-hetero) is 1. The Morgan fingerprint density at radius 1 is 0.622 bits per heavy atom. The predicted octanol–water partition coefficient (Wildman–Crippen LogP) is 3.13. The van der Waals surface area contributed by atoms with Crippen molar-refractivity contribution >= 4 is 34.9 Å². The SMILES string of the molecule is O=C(O)C[C@H](CCC(=O)c1ccccc1)CC[P+](c1ccccc1)(c1ccccc1)c1ccccc1.[Br-]. The van der Waals surface area contributed by atoms with Crippen LogP contribution in [0.5, 0.6) is 0 Å². The standard InChI is InChI=1S/C32H31O3P.BrH/c33-31(27-13-5-1-6-14-27)22-21-26(25-32(34)35)23-24-36(28-15-7-2-8-16-28,29-17-9-3-10-18-29)30-19-11-4-12-20-30;/h1-20,26H,21-25H2;1H/t26-;/m1./s1. The molecule has 190 valence electrons. The molecule has 1 atom stereocenters. The van der Waals surface area contributed by atoms with E-state index in [2.05, 4.69) is 72.8 Å². The van der Waals surface area contributed by atoms with Gasteiger partial charge >= 0.3 is 5.97 Å². The molecule has 0 fully saturated rings. The van der Waals surface area contributed by atoms with Gasteiger partial charge in [-0.1, -0.05) is 84.9 Å². The van der Waals surface area contributed by atoms with Crippen molar-refractivity contribution in [3.63, 3.8) is 0 Å². The maximum atomic E-state index is 12.8. The van der Waals surface area contributed by atoms with E-state index in [4.69, 9.17) is 0 Å². The van der Waals surface area contributed by atoms with Gasteiger partial charge in [0, 0.05) is 18.4 Å². The molecule has 37 heavy (non-hydrogen) atoms.